The predicted molar refractivity (Wildman–Crippen MR) is 74.2 cm³/mol. The summed E-state index contributed by atoms with van der Waals surface area (Å²) in [4.78, 5) is 8.18. The maximum atomic E-state index is 6.21. The van der Waals surface area contributed by atoms with Gasteiger partial charge >= 0.3 is 0 Å². The van der Waals surface area contributed by atoms with E-state index in [0.29, 0.717) is 0 Å². The smallest absolute Gasteiger partial charge is 0.144 e. The van der Waals surface area contributed by atoms with Crippen LogP contribution in [0.15, 0.2) is 41.3 Å². The Kier molecular flexibility index (Phi) is 3.01. The lowest BCUT2D eigenvalue weighted by Gasteiger charge is -2.19. The first-order valence-corrected chi connectivity index (χ1v) is 6.60. The van der Waals surface area contributed by atoms with Crippen molar-refractivity contribution in [3.05, 3.63) is 52.4 Å². The molecule has 3 N–H and O–H groups in total. The number of hydrogen-bond acceptors (Lipinski definition) is 4. The van der Waals surface area contributed by atoms with Crippen LogP contribution in [0.3, 0.4) is 0 Å². The van der Waals surface area contributed by atoms with Gasteiger partial charge in [0.15, 0.2) is 0 Å². The Morgan fingerprint density at radius 3 is 3.00 bits per heavy atom. The fourth-order valence-electron chi connectivity index (χ4n) is 2.38. The van der Waals surface area contributed by atoms with Crippen LogP contribution in [-0.2, 0) is 6.42 Å². The Morgan fingerprint density at radius 1 is 1.33 bits per heavy atom. The first-order chi connectivity index (χ1) is 8.75. The summed E-state index contributed by atoms with van der Waals surface area (Å²) in [6.45, 7) is 0. The minimum Gasteiger partial charge on any atom is -0.361 e. The van der Waals surface area contributed by atoms with Crippen molar-refractivity contribution in [3.8, 4) is 0 Å². The largest absolute Gasteiger partial charge is 0.361 e. The quantitative estimate of drug-likeness (QED) is 0.893. The number of anilines is 1. The maximum absolute atomic E-state index is 6.21. The number of benzene rings is 1. The zero-order chi connectivity index (χ0) is 12.5. The molecule has 2 unspecified atom stereocenters. The number of halogens is 1. The van der Waals surface area contributed by atoms with Gasteiger partial charge in [-0.15, -0.1) is 0 Å². The third-order valence-electron chi connectivity index (χ3n) is 3.23. The van der Waals surface area contributed by atoms with Gasteiger partial charge in [0, 0.05) is 12.2 Å². The van der Waals surface area contributed by atoms with Crippen molar-refractivity contribution in [2.75, 3.05) is 5.32 Å². The summed E-state index contributed by atoms with van der Waals surface area (Å²) in [5, 5.41) is 3.39. The van der Waals surface area contributed by atoms with Gasteiger partial charge in [-0.3, -0.25) is 0 Å². The Hall–Kier alpha value is -1.46. The van der Waals surface area contributed by atoms with Crippen LogP contribution < -0.4 is 11.1 Å². The molecule has 0 bridgehead atoms. The molecule has 0 fully saturated rings. The van der Waals surface area contributed by atoms with Crippen LogP contribution in [0.2, 0.25) is 0 Å². The molecule has 0 saturated heterocycles. The van der Waals surface area contributed by atoms with E-state index < -0.39 is 0 Å². The molecule has 1 aromatic heterocycles. The highest BCUT2D eigenvalue weighted by Gasteiger charge is 2.29. The number of aromatic nitrogens is 2. The molecule has 1 aliphatic carbocycles. The summed E-state index contributed by atoms with van der Waals surface area (Å²) in [5.74, 6) is 0.780. The van der Waals surface area contributed by atoms with Crippen molar-refractivity contribution in [3.63, 3.8) is 0 Å². The number of fused-ring (bicyclic) bond motifs is 1. The van der Waals surface area contributed by atoms with E-state index in [1.807, 2.05) is 6.07 Å². The second-order valence-corrected chi connectivity index (χ2v) is 5.26. The van der Waals surface area contributed by atoms with Crippen LogP contribution >= 0.6 is 15.9 Å². The van der Waals surface area contributed by atoms with Gasteiger partial charge < -0.3 is 11.1 Å². The molecule has 92 valence electrons. The average molecular weight is 305 g/mol. The average Bonchev–Trinajstić information content (AvgIpc) is 2.69. The molecule has 0 radical (unpaired) electrons. The fraction of sp³-hybridized carbons (Fsp3) is 0.231. The summed E-state index contributed by atoms with van der Waals surface area (Å²) >= 11 is 3.44. The monoisotopic (exact) mass is 304 g/mol. The number of nitrogens with zero attached hydrogens (tertiary/aromatic N) is 2. The van der Waals surface area contributed by atoms with Crippen LogP contribution in [0.5, 0.6) is 0 Å². The van der Waals surface area contributed by atoms with Gasteiger partial charge in [-0.05, 0) is 33.5 Å². The molecule has 0 saturated carbocycles. The topological polar surface area (TPSA) is 63.8 Å². The second kappa shape index (κ2) is 4.66. The molecule has 2 atom stereocenters. The molecule has 3 rings (SSSR count). The Morgan fingerprint density at radius 2 is 2.17 bits per heavy atom. The van der Waals surface area contributed by atoms with Gasteiger partial charge in [0.25, 0.3) is 0 Å². The molecule has 0 spiro atoms. The number of rotatable bonds is 2. The molecule has 5 heteroatoms. The zero-order valence-corrected chi connectivity index (χ0v) is 11.3. The van der Waals surface area contributed by atoms with Crippen molar-refractivity contribution in [2.45, 2.75) is 18.5 Å². The molecule has 18 heavy (non-hydrogen) atoms. The predicted octanol–water partition coefficient (Wildman–Crippen LogP) is 2.28. The van der Waals surface area contributed by atoms with Gasteiger partial charge in [-0.25, -0.2) is 9.97 Å². The van der Waals surface area contributed by atoms with Crippen LogP contribution in [-0.4, -0.2) is 16.0 Å². The van der Waals surface area contributed by atoms with Crippen LogP contribution in [0.1, 0.15) is 17.2 Å². The third-order valence-corrected chi connectivity index (χ3v) is 3.81. The highest BCUT2D eigenvalue weighted by Crippen LogP contribution is 2.33. The van der Waals surface area contributed by atoms with E-state index in [1.54, 1.807) is 6.20 Å². The molecule has 2 aromatic rings. The molecule has 1 aliphatic rings. The number of nitrogens with two attached hydrogens (primary N) is 1. The van der Waals surface area contributed by atoms with E-state index in [0.717, 1.165) is 16.7 Å². The number of hydrogen-bond donors (Lipinski definition) is 2. The van der Waals surface area contributed by atoms with Crippen molar-refractivity contribution in [1.29, 1.82) is 0 Å². The van der Waals surface area contributed by atoms with Crippen molar-refractivity contribution < 1.29 is 0 Å². The van der Waals surface area contributed by atoms with E-state index >= 15 is 0 Å². The van der Waals surface area contributed by atoms with E-state index in [2.05, 4.69) is 49.4 Å². The van der Waals surface area contributed by atoms with Gasteiger partial charge in [-0.2, -0.15) is 0 Å². The molecule has 1 heterocycles. The van der Waals surface area contributed by atoms with Crippen molar-refractivity contribution in [1.82, 2.24) is 9.97 Å². The Balaban J connectivity index is 1.92. The van der Waals surface area contributed by atoms with Gasteiger partial charge in [-0.1, -0.05) is 24.3 Å². The summed E-state index contributed by atoms with van der Waals surface area (Å²) in [6.07, 6.45) is 4.15. The summed E-state index contributed by atoms with van der Waals surface area (Å²) in [7, 11) is 0. The van der Waals surface area contributed by atoms with Crippen LogP contribution in [0, 0.1) is 0 Å². The Bertz CT molecular complexity index is 572. The lowest BCUT2D eigenvalue weighted by molar-refractivity contribution is 0.623. The zero-order valence-electron chi connectivity index (χ0n) is 9.68. The highest BCUT2D eigenvalue weighted by molar-refractivity contribution is 9.10. The molecule has 1 aromatic carbocycles. The van der Waals surface area contributed by atoms with Crippen molar-refractivity contribution >= 4 is 21.7 Å². The van der Waals surface area contributed by atoms with Crippen molar-refractivity contribution in [2.24, 2.45) is 5.73 Å². The van der Waals surface area contributed by atoms with Gasteiger partial charge in [0.2, 0.25) is 0 Å². The summed E-state index contributed by atoms with van der Waals surface area (Å²) in [5.41, 5.74) is 8.78. The second-order valence-electron chi connectivity index (χ2n) is 4.41. The lowest BCUT2D eigenvalue weighted by atomic mass is 10.1. The van der Waals surface area contributed by atoms with Gasteiger partial charge in [0.05, 0.1) is 10.5 Å². The maximum Gasteiger partial charge on any atom is 0.144 e. The first kappa shape index (κ1) is 11.6. The first-order valence-electron chi connectivity index (χ1n) is 5.81. The molecule has 4 nitrogen and oxygen atoms in total. The molecule has 0 aliphatic heterocycles. The third kappa shape index (κ3) is 2.00. The Labute approximate surface area is 114 Å². The normalized spacial score (nSPS) is 21.7. The van der Waals surface area contributed by atoms with Crippen LogP contribution in [0.4, 0.5) is 5.82 Å². The highest BCUT2D eigenvalue weighted by atomic mass is 79.9. The standard InChI is InChI=1S/C13H13BrN4/c14-10-6-16-7-17-13(10)18-12-9-4-2-1-3-8(9)5-11(12)15/h1-4,6-7,11-12H,5,15H2,(H,16,17,18). The molecular weight excluding hydrogens is 292 g/mol. The van der Waals surface area contributed by atoms with Gasteiger partial charge in [0.1, 0.15) is 12.1 Å². The number of nitrogens with one attached hydrogen (secondary N) is 1. The summed E-state index contributed by atoms with van der Waals surface area (Å²) < 4.78 is 0.849. The lowest BCUT2D eigenvalue weighted by Crippen LogP contribution is -2.30. The van der Waals surface area contributed by atoms with Crippen LogP contribution in [0.25, 0.3) is 0 Å². The van der Waals surface area contributed by atoms with E-state index in [4.69, 9.17) is 5.73 Å². The minimum atomic E-state index is 0.0734. The minimum absolute atomic E-state index is 0.0734. The SMILES string of the molecule is NC1Cc2ccccc2C1Nc1ncncc1Br. The summed E-state index contributed by atoms with van der Waals surface area (Å²) in [6, 6.07) is 8.52. The molecular formula is C13H13BrN4. The van der Waals surface area contributed by atoms with E-state index in [1.165, 1.54) is 17.5 Å². The van der Waals surface area contributed by atoms with E-state index in [-0.39, 0.29) is 12.1 Å². The molecule has 0 amide bonds. The van der Waals surface area contributed by atoms with E-state index in [9.17, 15) is 0 Å². The fourth-order valence-corrected chi connectivity index (χ4v) is 2.71.